The summed E-state index contributed by atoms with van der Waals surface area (Å²) in [6.45, 7) is 1.90. The molecule has 0 aromatic heterocycles. The standard InChI is InChI=1S/C26H30O5/c1-25-13-21(15-2-4-16(5-3-15)24(29)30)23-19-9-7-18(28)12-17(19)6-8-20(23)22(25)10-11-26(25,31)14-27/h2-5,12,20-22,27,31H,6-11,13-14H2,1H3,(H,29,30)/t20?,21-,22?,25+,26-/m1/s1. The Labute approximate surface area is 182 Å². The van der Waals surface area contributed by atoms with E-state index >= 15 is 0 Å². The topological polar surface area (TPSA) is 94.8 Å². The van der Waals surface area contributed by atoms with Gasteiger partial charge in [-0.1, -0.05) is 24.6 Å². The van der Waals surface area contributed by atoms with Crippen molar-refractivity contribution in [3.05, 3.63) is 58.2 Å². The highest BCUT2D eigenvalue weighted by Gasteiger charge is 2.62. The highest BCUT2D eigenvalue weighted by molar-refractivity contribution is 5.93. The van der Waals surface area contributed by atoms with Gasteiger partial charge in [0.1, 0.15) is 0 Å². The first-order chi connectivity index (χ1) is 14.8. The van der Waals surface area contributed by atoms with Crippen molar-refractivity contribution in [1.29, 1.82) is 0 Å². The van der Waals surface area contributed by atoms with E-state index in [-0.39, 0.29) is 23.9 Å². The molecule has 2 saturated carbocycles. The number of aliphatic hydroxyl groups excluding tert-OH is 1. The highest BCUT2D eigenvalue weighted by Crippen LogP contribution is 2.66. The fourth-order valence-electron chi connectivity index (χ4n) is 7.17. The number of benzene rings is 1. The summed E-state index contributed by atoms with van der Waals surface area (Å²) in [6, 6.07) is 7.12. The number of aliphatic hydroxyl groups is 2. The van der Waals surface area contributed by atoms with Crippen molar-refractivity contribution < 1.29 is 24.9 Å². The van der Waals surface area contributed by atoms with Crippen LogP contribution in [0.15, 0.2) is 47.1 Å². The van der Waals surface area contributed by atoms with Crippen molar-refractivity contribution in [2.45, 2.75) is 63.4 Å². The molecule has 31 heavy (non-hydrogen) atoms. The van der Waals surface area contributed by atoms with Crippen LogP contribution in [-0.4, -0.2) is 39.3 Å². The smallest absolute Gasteiger partial charge is 0.335 e. The molecule has 5 rings (SSSR count). The van der Waals surface area contributed by atoms with Crippen LogP contribution in [0.4, 0.5) is 0 Å². The van der Waals surface area contributed by atoms with Crippen LogP contribution in [0.2, 0.25) is 0 Å². The number of ketones is 1. The lowest BCUT2D eigenvalue weighted by Crippen LogP contribution is -2.53. The van der Waals surface area contributed by atoms with Crippen LogP contribution in [0.5, 0.6) is 0 Å². The van der Waals surface area contributed by atoms with Crippen LogP contribution in [0.3, 0.4) is 0 Å². The van der Waals surface area contributed by atoms with Gasteiger partial charge in [-0.15, -0.1) is 0 Å². The Bertz CT molecular complexity index is 1000. The number of carboxylic acids is 1. The minimum Gasteiger partial charge on any atom is -0.478 e. The van der Waals surface area contributed by atoms with E-state index in [1.165, 1.54) is 16.7 Å². The average molecular weight is 423 g/mol. The number of hydrogen-bond acceptors (Lipinski definition) is 4. The Balaban J connectivity index is 1.67. The Hall–Kier alpha value is -2.24. The van der Waals surface area contributed by atoms with Crippen molar-refractivity contribution in [2.75, 3.05) is 6.61 Å². The summed E-state index contributed by atoms with van der Waals surface area (Å²) in [4.78, 5) is 23.4. The maximum absolute atomic E-state index is 12.1. The number of rotatable bonds is 3. The monoisotopic (exact) mass is 422 g/mol. The zero-order valence-corrected chi connectivity index (χ0v) is 17.9. The molecule has 0 amide bonds. The van der Waals surface area contributed by atoms with E-state index in [9.17, 15) is 24.9 Å². The number of allylic oxidation sites excluding steroid dienone is 4. The van der Waals surface area contributed by atoms with E-state index in [0.29, 0.717) is 24.7 Å². The van der Waals surface area contributed by atoms with E-state index in [4.69, 9.17) is 0 Å². The summed E-state index contributed by atoms with van der Waals surface area (Å²) >= 11 is 0. The molecule has 2 unspecified atom stereocenters. The third kappa shape index (κ3) is 2.97. The molecule has 1 aromatic rings. The van der Waals surface area contributed by atoms with Gasteiger partial charge >= 0.3 is 5.97 Å². The van der Waals surface area contributed by atoms with Gasteiger partial charge in [0.25, 0.3) is 0 Å². The quantitative estimate of drug-likeness (QED) is 0.684. The van der Waals surface area contributed by atoms with Crippen LogP contribution in [0, 0.1) is 17.3 Å². The molecule has 0 spiro atoms. The van der Waals surface area contributed by atoms with Gasteiger partial charge in [-0.3, -0.25) is 4.79 Å². The van der Waals surface area contributed by atoms with E-state index in [2.05, 4.69) is 6.92 Å². The number of carboxylic acid groups (broad SMARTS) is 1. The molecular weight excluding hydrogens is 392 g/mol. The molecular formula is C26H30O5. The van der Waals surface area contributed by atoms with Crippen LogP contribution < -0.4 is 0 Å². The summed E-state index contributed by atoms with van der Waals surface area (Å²) in [5.74, 6) is -0.0561. The first-order valence-electron chi connectivity index (χ1n) is 11.4. The van der Waals surface area contributed by atoms with Crippen LogP contribution in [0.1, 0.15) is 73.7 Å². The van der Waals surface area contributed by atoms with E-state index in [0.717, 1.165) is 37.7 Å². The number of fused-ring (bicyclic) bond motifs is 4. The number of carbonyl (C=O) groups excluding carboxylic acids is 1. The molecule has 3 N–H and O–H groups in total. The second kappa shape index (κ2) is 7.14. The largest absolute Gasteiger partial charge is 0.478 e. The molecule has 2 fully saturated rings. The van der Waals surface area contributed by atoms with Crippen molar-refractivity contribution in [1.82, 2.24) is 0 Å². The predicted octanol–water partition coefficient (Wildman–Crippen LogP) is 4.01. The molecule has 5 nitrogen and oxygen atoms in total. The fourth-order valence-corrected chi connectivity index (χ4v) is 7.17. The molecule has 0 bridgehead atoms. The van der Waals surface area contributed by atoms with E-state index in [1.807, 2.05) is 18.2 Å². The molecule has 5 heteroatoms. The highest BCUT2D eigenvalue weighted by atomic mass is 16.4. The van der Waals surface area contributed by atoms with Gasteiger partial charge in [-0.05, 0) is 85.3 Å². The molecule has 4 aliphatic rings. The van der Waals surface area contributed by atoms with Gasteiger partial charge in [0.15, 0.2) is 5.78 Å². The minimum atomic E-state index is -1.09. The van der Waals surface area contributed by atoms with Gasteiger partial charge in [0.2, 0.25) is 0 Å². The lowest BCUT2D eigenvalue weighted by Gasteiger charge is -2.54. The Kier molecular flexibility index (Phi) is 4.76. The average Bonchev–Trinajstić information content (AvgIpc) is 3.04. The predicted molar refractivity (Wildman–Crippen MR) is 116 cm³/mol. The van der Waals surface area contributed by atoms with Crippen molar-refractivity contribution >= 4 is 11.8 Å². The zero-order valence-electron chi connectivity index (χ0n) is 17.9. The molecule has 0 aliphatic heterocycles. The van der Waals surface area contributed by atoms with Crippen LogP contribution in [-0.2, 0) is 4.79 Å². The summed E-state index contributed by atoms with van der Waals surface area (Å²) in [5, 5.41) is 30.8. The third-order valence-corrected chi connectivity index (χ3v) is 8.88. The van der Waals surface area contributed by atoms with Gasteiger partial charge < -0.3 is 15.3 Å². The fraction of sp³-hybridized carbons (Fsp3) is 0.538. The minimum absolute atomic E-state index is 0.0529. The van der Waals surface area contributed by atoms with Crippen molar-refractivity contribution in [3.63, 3.8) is 0 Å². The SMILES string of the molecule is C[C@]12C[C@H](c3ccc(C(=O)O)cc3)C3=C4CCC(=O)C=C4CCC3C1CC[C@@]2(O)CO. The van der Waals surface area contributed by atoms with Gasteiger partial charge in [-0.25, -0.2) is 4.79 Å². The maximum atomic E-state index is 12.1. The first kappa shape index (κ1) is 20.7. The lowest BCUT2D eigenvalue weighted by atomic mass is 9.51. The van der Waals surface area contributed by atoms with Gasteiger partial charge in [0.05, 0.1) is 17.8 Å². The number of carbonyl (C=O) groups is 2. The molecule has 0 heterocycles. The van der Waals surface area contributed by atoms with Crippen molar-refractivity contribution in [2.24, 2.45) is 17.3 Å². The van der Waals surface area contributed by atoms with Crippen LogP contribution >= 0.6 is 0 Å². The summed E-state index contributed by atoms with van der Waals surface area (Å²) < 4.78 is 0. The molecule has 164 valence electrons. The number of aromatic carboxylic acids is 1. The zero-order chi connectivity index (χ0) is 22.0. The van der Waals surface area contributed by atoms with Crippen molar-refractivity contribution in [3.8, 4) is 0 Å². The summed E-state index contributed by atoms with van der Waals surface area (Å²) in [7, 11) is 0. The lowest BCUT2D eigenvalue weighted by molar-refractivity contribution is -0.120. The second-order valence-electron chi connectivity index (χ2n) is 10.2. The van der Waals surface area contributed by atoms with Crippen LogP contribution in [0.25, 0.3) is 0 Å². The third-order valence-electron chi connectivity index (χ3n) is 8.88. The summed E-state index contributed by atoms with van der Waals surface area (Å²) in [6.07, 6.45) is 7.23. The maximum Gasteiger partial charge on any atom is 0.335 e. The van der Waals surface area contributed by atoms with E-state index in [1.54, 1.807) is 12.1 Å². The van der Waals surface area contributed by atoms with Gasteiger partial charge in [-0.2, -0.15) is 0 Å². The normalized spacial score (nSPS) is 37.1. The molecule has 1 aromatic carbocycles. The Morgan fingerprint density at radius 1 is 1.13 bits per heavy atom. The second-order valence-corrected chi connectivity index (χ2v) is 10.2. The molecule has 4 aliphatic carbocycles. The molecule has 5 atom stereocenters. The Morgan fingerprint density at radius 2 is 1.87 bits per heavy atom. The molecule has 0 saturated heterocycles. The van der Waals surface area contributed by atoms with E-state index < -0.39 is 17.0 Å². The molecule has 0 radical (unpaired) electrons. The Morgan fingerprint density at radius 3 is 2.55 bits per heavy atom. The number of hydrogen-bond donors (Lipinski definition) is 3. The summed E-state index contributed by atoms with van der Waals surface area (Å²) in [5.41, 5.74) is 3.72. The first-order valence-corrected chi connectivity index (χ1v) is 11.4. The van der Waals surface area contributed by atoms with Gasteiger partial charge in [0, 0.05) is 17.8 Å².